The topological polar surface area (TPSA) is 67.8 Å². The maximum atomic E-state index is 12.0. The van der Waals surface area contributed by atoms with Crippen molar-refractivity contribution in [1.82, 2.24) is 15.0 Å². The van der Waals surface area contributed by atoms with Gasteiger partial charge in [0.05, 0.1) is 11.4 Å². The lowest BCUT2D eigenvalue weighted by atomic mass is 10.2. The molecule has 0 aromatic carbocycles. The van der Waals surface area contributed by atoms with Gasteiger partial charge in [0.15, 0.2) is 5.13 Å². The van der Waals surface area contributed by atoms with Crippen LogP contribution in [0.2, 0.25) is 0 Å². The molecular formula is C16H16N4OS2. The molecule has 3 aromatic rings. The molecule has 0 unspecified atom stereocenters. The van der Waals surface area contributed by atoms with Crippen molar-refractivity contribution in [2.75, 3.05) is 5.32 Å². The summed E-state index contributed by atoms with van der Waals surface area (Å²) in [6.07, 6.45) is 4.53. The third-order valence-electron chi connectivity index (χ3n) is 3.36. The molecule has 0 saturated carbocycles. The summed E-state index contributed by atoms with van der Waals surface area (Å²) in [6, 6.07) is 3.87. The van der Waals surface area contributed by atoms with Crippen molar-refractivity contribution in [3.63, 3.8) is 0 Å². The van der Waals surface area contributed by atoms with Gasteiger partial charge in [-0.1, -0.05) is 0 Å². The van der Waals surface area contributed by atoms with Crippen molar-refractivity contribution in [2.24, 2.45) is 0 Å². The Morgan fingerprint density at radius 1 is 1.22 bits per heavy atom. The fourth-order valence-electron chi connectivity index (χ4n) is 2.00. The number of carbonyl (C=O) groups excluding carboxylic acids is 1. The van der Waals surface area contributed by atoms with Gasteiger partial charge in [-0.15, -0.1) is 22.7 Å². The molecule has 0 aliphatic rings. The first-order valence-corrected chi connectivity index (χ1v) is 8.90. The molecule has 0 aliphatic heterocycles. The molecule has 0 atom stereocenters. The van der Waals surface area contributed by atoms with Crippen molar-refractivity contribution in [2.45, 2.75) is 26.7 Å². The molecule has 7 heteroatoms. The van der Waals surface area contributed by atoms with Crippen molar-refractivity contribution >= 4 is 33.7 Å². The van der Waals surface area contributed by atoms with Crippen LogP contribution in [-0.2, 0) is 11.2 Å². The van der Waals surface area contributed by atoms with Gasteiger partial charge < -0.3 is 5.32 Å². The number of thiazole rings is 2. The molecule has 0 saturated heterocycles. The Kier molecular flexibility index (Phi) is 4.78. The molecule has 118 valence electrons. The zero-order chi connectivity index (χ0) is 16.2. The number of amides is 1. The van der Waals surface area contributed by atoms with Crippen molar-refractivity contribution in [1.29, 1.82) is 0 Å². The first kappa shape index (κ1) is 15.8. The van der Waals surface area contributed by atoms with Crippen molar-refractivity contribution in [3.05, 3.63) is 46.2 Å². The van der Waals surface area contributed by atoms with Crippen LogP contribution in [0.1, 0.15) is 22.7 Å². The minimum atomic E-state index is -0.0304. The van der Waals surface area contributed by atoms with Crippen LogP contribution in [0.5, 0.6) is 0 Å². The summed E-state index contributed by atoms with van der Waals surface area (Å²) in [5.41, 5.74) is 2.95. The summed E-state index contributed by atoms with van der Waals surface area (Å²) in [7, 11) is 0. The van der Waals surface area contributed by atoms with Crippen LogP contribution in [-0.4, -0.2) is 20.9 Å². The quantitative estimate of drug-likeness (QED) is 0.763. The van der Waals surface area contributed by atoms with Gasteiger partial charge in [0, 0.05) is 34.6 Å². The Balaban J connectivity index is 1.56. The van der Waals surface area contributed by atoms with Crippen LogP contribution in [0.15, 0.2) is 29.9 Å². The van der Waals surface area contributed by atoms with E-state index in [1.54, 1.807) is 23.7 Å². The number of pyridine rings is 1. The summed E-state index contributed by atoms with van der Waals surface area (Å²) in [5.74, 6) is -0.0304. The molecule has 0 aliphatic carbocycles. The third kappa shape index (κ3) is 4.00. The van der Waals surface area contributed by atoms with E-state index in [0.29, 0.717) is 18.0 Å². The van der Waals surface area contributed by atoms with Gasteiger partial charge in [0.1, 0.15) is 5.01 Å². The summed E-state index contributed by atoms with van der Waals surface area (Å²) in [5, 5.41) is 6.47. The van der Waals surface area contributed by atoms with Gasteiger partial charge in [-0.05, 0) is 32.4 Å². The zero-order valence-corrected chi connectivity index (χ0v) is 14.5. The van der Waals surface area contributed by atoms with Crippen molar-refractivity contribution in [3.8, 4) is 10.6 Å². The minimum Gasteiger partial charge on any atom is -0.302 e. The van der Waals surface area contributed by atoms with E-state index in [9.17, 15) is 4.79 Å². The Hall–Kier alpha value is -2.12. The highest BCUT2D eigenvalue weighted by molar-refractivity contribution is 7.15. The van der Waals surface area contributed by atoms with Crippen LogP contribution in [0.3, 0.4) is 0 Å². The molecule has 3 aromatic heterocycles. The number of aromatic nitrogens is 3. The van der Waals surface area contributed by atoms with E-state index in [0.717, 1.165) is 26.8 Å². The van der Waals surface area contributed by atoms with E-state index in [-0.39, 0.29) is 5.91 Å². The molecule has 0 radical (unpaired) electrons. The van der Waals surface area contributed by atoms with Gasteiger partial charge in [-0.25, -0.2) is 9.97 Å². The lowest BCUT2D eigenvalue weighted by Crippen LogP contribution is -2.12. The van der Waals surface area contributed by atoms with E-state index in [4.69, 9.17) is 0 Å². The van der Waals surface area contributed by atoms with Crippen molar-refractivity contribution < 1.29 is 4.79 Å². The number of rotatable bonds is 5. The van der Waals surface area contributed by atoms with Crippen LogP contribution < -0.4 is 5.32 Å². The van der Waals surface area contributed by atoms with E-state index >= 15 is 0 Å². The lowest BCUT2D eigenvalue weighted by molar-refractivity contribution is -0.116. The second kappa shape index (κ2) is 6.97. The molecule has 5 nitrogen and oxygen atoms in total. The molecule has 0 spiro atoms. The smallest absolute Gasteiger partial charge is 0.226 e. The number of carbonyl (C=O) groups is 1. The van der Waals surface area contributed by atoms with E-state index < -0.39 is 0 Å². The van der Waals surface area contributed by atoms with E-state index in [1.807, 2.05) is 31.4 Å². The predicted octanol–water partition coefficient (Wildman–Crippen LogP) is 3.85. The molecule has 3 heterocycles. The van der Waals surface area contributed by atoms with Gasteiger partial charge in [-0.2, -0.15) is 0 Å². The van der Waals surface area contributed by atoms with Crippen LogP contribution in [0, 0.1) is 13.8 Å². The fourth-order valence-corrected chi connectivity index (χ4v) is 3.69. The Morgan fingerprint density at radius 3 is 2.70 bits per heavy atom. The number of hydrogen-bond donors (Lipinski definition) is 1. The van der Waals surface area contributed by atoms with Crippen LogP contribution in [0.4, 0.5) is 5.13 Å². The summed E-state index contributed by atoms with van der Waals surface area (Å²) in [6.45, 7) is 3.94. The number of aryl methyl sites for hydroxylation is 3. The molecule has 0 bridgehead atoms. The number of hydrogen-bond acceptors (Lipinski definition) is 6. The highest BCUT2D eigenvalue weighted by atomic mass is 32.1. The average molecular weight is 344 g/mol. The maximum absolute atomic E-state index is 12.0. The lowest BCUT2D eigenvalue weighted by Gasteiger charge is -2.00. The van der Waals surface area contributed by atoms with Gasteiger partial charge in [0.25, 0.3) is 0 Å². The van der Waals surface area contributed by atoms with Crippen LogP contribution in [0.25, 0.3) is 10.6 Å². The largest absolute Gasteiger partial charge is 0.302 e. The Labute approximate surface area is 142 Å². The fraction of sp³-hybridized carbons (Fsp3) is 0.250. The SMILES string of the molecule is Cc1nc(NC(=O)CCc2csc(-c3ccncc3)n2)sc1C. The summed E-state index contributed by atoms with van der Waals surface area (Å²) >= 11 is 3.09. The van der Waals surface area contributed by atoms with Gasteiger partial charge >= 0.3 is 0 Å². The monoisotopic (exact) mass is 344 g/mol. The Bertz CT molecular complexity index is 791. The van der Waals surface area contributed by atoms with Gasteiger partial charge in [0.2, 0.25) is 5.91 Å². The third-order valence-corrected chi connectivity index (χ3v) is 5.29. The van der Waals surface area contributed by atoms with Crippen LogP contribution >= 0.6 is 22.7 Å². The molecular weight excluding hydrogens is 328 g/mol. The summed E-state index contributed by atoms with van der Waals surface area (Å²) in [4.78, 5) is 26.0. The first-order valence-electron chi connectivity index (χ1n) is 7.20. The normalized spacial score (nSPS) is 10.7. The zero-order valence-electron chi connectivity index (χ0n) is 12.9. The molecule has 1 N–H and O–H groups in total. The molecule has 23 heavy (non-hydrogen) atoms. The average Bonchev–Trinajstić information content (AvgIpc) is 3.13. The first-order chi connectivity index (χ1) is 11.1. The second-order valence-corrected chi connectivity index (χ2v) is 7.15. The number of nitrogens with zero attached hydrogens (tertiary/aromatic N) is 3. The predicted molar refractivity (Wildman–Crippen MR) is 93.9 cm³/mol. The molecule has 1 amide bonds. The highest BCUT2D eigenvalue weighted by Crippen LogP contribution is 2.24. The summed E-state index contributed by atoms with van der Waals surface area (Å²) < 4.78 is 0. The van der Waals surface area contributed by atoms with E-state index in [2.05, 4.69) is 20.3 Å². The van der Waals surface area contributed by atoms with Gasteiger partial charge in [-0.3, -0.25) is 9.78 Å². The Morgan fingerprint density at radius 2 is 2.00 bits per heavy atom. The maximum Gasteiger partial charge on any atom is 0.226 e. The minimum absolute atomic E-state index is 0.0304. The standard InChI is InChI=1S/C16H16N4OS2/c1-10-11(2)23-16(18-10)20-14(21)4-3-13-9-22-15(19-13)12-5-7-17-8-6-12/h5-9H,3-4H2,1-2H3,(H,18,20,21). The van der Waals surface area contributed by atoms with E-state index in [1.165, 1.54) is 11.3 Å². The molecule has 3 rings (SSSR count). The number of anilines is 1. The molecule has 0 fully saturated rings. The highest BCUT2D eigenvalue weighted by Gasteiger charge is 2.10. The second-order valence-electron chi connectivity index (χ2n) is 5.09. The number of nitrogens with one attached hydrogen (secondary N) is 1.